The molecule has 1 heterocycles. The monoisotopic (exact) mass is 261 g/mol. The minimum Gasteiger partial charge on any atom is -0.382 e. The average Bonchev–Trinajstić information content (AvgIpc) is 2.40. The maximum Gasteiger partial charge on any atom is 0.220 e. The number of nitrogens with one attached hydrogen (secondary N) is 1. The number of nitrogens with two attached hydrogens (primary N) is 2. The van der Waals surface area contributed by atoms with Gasteiger partial charge in [0, 0.05) is 12.1 Å². The van der Waals surface area contributed by atoms with Crippen LogP contribution in [0.2, 0.25) is 0 Å². The zero-order valence-electron chi connectivity index (χ0n) is 10.4. The first-order valence-corrected chi connectivity index (χ1v) is 6.03. The second kappa shape index (κ2) is 6.10. The smallest absolute Gasteiger partial charge is 0.220 e. The van der Waals surface area contributed by atoms with Gasteiger partial charge in [-0.05, 0) is 25.1 Å². The molecule has 0 aliphatic rings. The molecule has 0 aliphatic carbocycles. The van der Waals surface area contributed by atoms with Gasteiger partial charge in [-0.25, -0.2) is 14.4 Å². The van der Waals surface area contributed by atoms with Crippen LogP contribution < -0.4 is 16.8 Å². The van der Waals surface area contributed by atoms with Crippen LogP contribution >= 0.6 is 0 Å². The van der Waals surface area contributed by atoms with E-state index in [0.29, 0.717) is 30.0 Å². The van der Waals surface area contributed by atoms with Crippen molar-refractivity contribution < 1.29 is 4.39 Å². The Balaban J connectivity index is 2.34. The van der Waals surface area contributed by atoms with Crippen LogP contribution in [0.1, 0.15) is 6.42 Å². The maximum absolute atomic E-state index is 13.3. The molecule has 100 valence electrons. The lowest BCUT2D eigenvalue weighted by Crippen LogP contribution is -2.10. The number of rotatable bonds is 5. The summed E-state index contributed by atoms with van der Waals surface area (Å²) in [5, 5.41) is 3.18. The van der Waals surface area contributed by atoms with Crippen molar-refractivity contribution in [1.29, 1.82) is 0 Å². The lowest BCUT2D eigenvalue weighted by molar-refractivity contribution is 0.628. The van der Waals surface area contributed by atoms with Crippen LogP contribution in [0.4, 0.5) is 16.0 Å². The zero-order chi connectivity index (χ0) is 13.7. The van der Waals surface area contributed by atoms with Crippen molar-refractivity contribution in [1.82, 2.24) is 9.97 Å². The Bertz CT molecular complexity index is 558. The molecule has 6 heteroatoms. The van der Waals surface area contributed by atoms with E-state index in [4.69, 9.17) is 11.5 Å². The second-order valence-corrected chi connectivity index (χ2v) is 4.07. The fourth-order valence-corrected chi connectivity index (χ4v) is 1.71. The first-order valence-electron chi connectivity index (χ1n) is 6.03. The predicted octanol–water partition coefficient (Wildman–Crippen LogP) is 1.63. The summed E-state index contributed by atoms with van der Waals surface area (Å²) in [6.07, 6.45) is 2.42. The fourth-order valence-electron chi connectivity index (χ4n) is 1.71. The molecule has 0 amide bonds. The highest BCUT2D eigenvalue weighted by atomic mass is 19.1. The molecular weight excluding hydrogens is 245 g/mol. The number of nitrogens with zero attached hydrogens (tertiary/aromatic N) is 2. The third kappa shape index (κ3) is 3.38. The first-order chi connectivity index (χ1) is 9.20. The normalized spacial score (nSPS) is 10.4. The van der Waals surface area contributed by atoms with E-state index in [1.54, 1.807) is 18.3 Å². The second-order valence-electron chi connectivity index (χ2n) is 4.07. The van der Waals surface area contributed by atoms with Crippen LogP contribution in [-0.2, 0) is 0 Å². The molecule has 5 N–H and O–H groups in total. The van der Waals surface area contributed by atoms with Gasteiger partial charge in [0.05, 0.1) is 17.6 Å². The number of halogens is 1. The number of hydrogen-bond donors (Lipinski definition) is 3. The molecule has 0 saturated carbocycles. The summed E-state index contributed by atoms with van der Waals surface area (Å²) in [5.74, 6) is -0.161. The fraction of sp³-hybridized carbons (Fsp3) is 0.231. The Morgan fingerprint density at radius 3 is 2.89 bits per heavy atom. The molecule has 1 aromatic carbocycles. The molecule has 0 fully saturated rings. The molecule has 0 bridgehead atoms. The quantitative estimate of drug-likeness (QED) is 0.712. The highest BCUT2D eigenvalue weighted by molar-refractivity contribution is 5.74. The minimum absolute atomic E-state index is 0.156. The van der Waals surface area contributed by atoms with Gasteiger partial charge in [-0.15, -0.1) is 0 Å². The third-order valence-electron chi connectivity index (χ3n) is 2.60. The Morgan fingerprint density at radius 1 is 1.32 bits per heavy atom. The van der Waals surface area contributed by atoms with Crippen molar-refractivity contribution in [3.8, 4) is 11.3 Å². The average molecular weight is 261 g/mol. The lowest BCUT2D eigenvalue weighted by atomic mass is 10.1. The number of anilines is 2. The van der Waals surface area contributed by atoms with Crippen LogP contribution in [0.25, 0.3) is 11.3 Å². The van der Waals surface area contributed by atoms with E-state index in [0.717, 1.165) is 6.42 Å². The van der Waals surface area contributed by atoms with Crippen molar-refractivity contribution in [2.75, 3.05) is 24.1 Å². The summed E-state index contributed by atoms with van der Waals surface area (Å²) >= 11 is 0. The summed E-state index contributed by atoms with van der Waals surface area (Å²) in [6.45, 7) is 1.30. The third-order valence-corrected chi connectivity index (χ3v) is 2.60. The van der Waals surface area contributed by atoms with Gasteiger partial charge in [0.15, 0.2) is 0 Å². The predicted molar refractivity (Wildman–Crippen MR) is 74.0 cm³/mol. The number of aromatic nitrogens is 2. The van der Waals surface area contributed by atoms with Crippen LogP contribution in [0.15, 0.2) is 30.5 Å². The summed E-state index contributed by atoms with van der Waals surface area (Å²) in [6, 6.07) is 6.21. The molecule has 0 unspecified atom stereocenters. The van der Waals surface area contributed by atoms with Crippen LogP contribution in [-0.4, -0.2) is 23.1 Å². The van der Waals surface area contributed by atoms with Crippen molar-refractivity contribution in [2.45, 2.75) is 6.42 Å². The molecule has 0 spiro atoms. The molecule has 2 rings (SSSR count). The van der Waals surface area contributed by atoms with Gasteiger partial charge in [-0.2, -0.15) is 0 Å². The molecule has 0 radical (unpaired) electrons. The molecule has 2 aromatic rings. The van der Waals surface area contributed by atoms with Crippen molar-refractivity contribution in [2.24, 2.45) is 5.73 Å². The Hall–Kier alpha value is -2.21. The van der Waals surface area contributed by atoms with Crippen LogP contribution in [0.5, 0.6) is 0 Å². The largest absolute Gasteiger partial charge is 0.382 e. The van der Waals surface area contributed by atoms with Gasteiger partial charge in [-0.1, -0.05) is 12.1 Å². The van der Waals surface area contributed by atoms with Crippen molar-refractivity contribution >= 4 is 11.6 Å². The maximum atomic E-state index is 13.3. The molecule has 0 atom stereocenters. The van der Waals surface area contributed by atoms with E-state index in [2.05, 4.69) is 15.3 Å². The molecule has 0 saturated heterocycles. The standard InChI is InChI=1S/C13H16FN5/c14-10-4-1-3-9(7-10)12-11(17-6-2-5-15)8-18-13(16)19-12/h1,3-4,7-8,17H,2,5-6,15H2,(H2,16,18,19). The number of hydrogen-bond acceptors (Lipinski definition) is 5. The van der Waals surface area contributed by atoms with E-state index >= 15 is 0 Å². The van der Waals surface area contributed by atoms with Crippen molar-refractivity contribution in [3.05, 3.63) is 36.3 Å². The first kappa shape index (κ1) is 13.2. The Kier molecular flexibility index (Phi) is 4.25. The molecule has 19 heavy (non-hydrogen) atoms. The van der Waals surface area contributed by atoms with E-state index in [9.17, 15) is 4.39 Å². The SMILES string of the molecule is NCCCNc1cnc(N)nc1-c1cccc(F)c1. The summed E-state index contributed by atoms with van der Waals surface area (Å²) in [5.41, 5.74) is 13.0. The minimum atomic E-state index is -0.317. The zero-order valence-corrected chi connectivity index (χ0v) is 10.4. The van der Waals surface area contributed by atoms with Gasteiger partial charge >= 0.3 is 0 Å². The van der Waals surface area contributed by atoms with Gasteiger partial charge in [0.25, 0.3) is 0 Å². The lowest BCUT2D eigenvalue weighted by Gasteiger charge is -2.11. The van der Waals surface area contributed by atoms with Crippen LogP contribution in [0, 0.1) is 5.82 Å². The van der Waals surface area contributed by atoms with E-state index in [1.165, 1.54) is 12.1 Å². The van der Waals surface area contributed by atoms with Crippen LogP contribution in [0.3, 0.4) is 0 Å². The Labute approximate surface area is 110 Å². The van der Waals surface area contributed by atoms with Gasteiger partial charge in [0.2, 0.25) is 5.95 Å². The summed E-state index contributed by atoms with van der Waals surface area (Å²) in [4.78, 5) is 8.12. The van der Waals surface area contributed by atoms with E-state index in [1.807, 2.05) is 0 Å². The Morgan fingerprint density at radius 2 is 2.16 bits per heavy atom. The number of nitrogen functional groups attached to an aromatic ring is 1. The topological polar surface area (TPSA) is 89.8 Å². The molecule has 0 aliphatic heterocycles. The highest BCUT2D eigenvalue weighted by Gasteiger charge is 2.09. The highest BCUT2D eigenvalue weighted by Crippen LogP contribution is 2.26. The summed E-state index contributed by atoms with van der Waals surface area (Å²) < 4.78 is 13.3. The molecule has 1 aromatic heterocycles. The molecule has 5 nitrogen and oxygen atoms in total. The van der Waals surface area contributed by atoms with Gasteiger partial charge in [0.1, 0.15) is 5.82 Å². The van der Waals surface area contributed by atoms with Gasteiger partial charge in [-0.3, -0.25) is 0 Å². The van der Waals surface area contributed by atoms with E-state index in [-0.39, 0.29) is 11.8 Å². The number of benzene rings is 1. The van der Waals surface area contributed by atoms with Gasteiger partial charge < -0.3 is 16.8 Å². The summed E-state index contributed by atoms with van der Waals surface area (Å²) in [7, 11) is 0. The molecular formula is C13H16FN5. The van der Waals surface area contributed by atoms with Crippen molar-refractivity contribution in [3.63, 3.8) is 0 Å². The van der Waals surface area contributed by atoms with E-state index < -0.39 is 0 Å².